The number of hydrogen-bond donors (Lipinski definition) is 3. The summed E-state index contributed by atoms with van der Waals surface area (Å²) in [6.07, 6.45) is 87.3. The second kappa shape index (κ2) is 66.1. The van der Waals surface area contributed by atoms with Gasteiger partial charge in [-0.15, -0.1) is 0 Å². The maximum Gasteiger partial charge on any atom is 0.305 e. The maximum absolute atomic E-state index is 12.4. The van der Waals surface area contributed by atoms with E-state index < -0.39 is 12.1 Å². The van der Waals surface area contributed by atoms with E-state index in [0.717, 1.165) is 57.8 Å². The molecule has 0 aromatic carbocycles. The molecule has 0 radical (unpaired) electrons. The average Bonchev–Trinajstić information content (AvgIpc) is 3.43. The molecule has 0 bridgehead atoms. The third-order valence-electron chi connectivity index (χ3n) is 15.5. The fraction of sp³-hybridized carbons (Fsp3) is 0.831. The number of unbranched alkanes of at least 4 members (excludes halogenated alkanes) is 44. The highest BCUT2D eigenvalue weighted by atomic mass is 16.5. The number of ether oxygens (including phenoxy) is 1. The Morgan fingerprint density at radius 1 is 0.364 bits per heavy atom. The fourth-order valence-electron chi connectivity index (χ4n) is 10.3. The predicted molar refractivity (Wildman–Crippen MR) is 338 cm³/mol. The van der Waals surface area contributed by atoms with Gasteiger partial charge in [0.15, 0.2) is 0 Å². The zero-order valence-corrected chi connectivity index (χ0v) is 51.4. The van der Waals surface area contributed by atoms with Gasteiger partial charge in [0.25, 0.3) is 0 Å². The van der Waals surface area contributed by atoms with Gasteiger partial charge in [0.05, 0.1) is 25.4 Å². The number of aliphatic hydroxyl groups is 2. The van der Waals surface area contributed by atoms with Gasteiger partial charge >= 0.3 is 5.97 Å². The highest BCUT2D eigenvalue weighted by Gasteiger charge is 2.18. The lowest BCUT2D eigenvalue weighted by Crippen LogP contribution is -2.45. The molecule has 0 saturated heterocycles. The van der Waals surface area contributed by atoms with Crippen molar-refractivity contribution in [1.82, 2.24) is 5.32 Å². The van der Waals surface area contributed by atoms with Gasteiger partial charge in [0, 0.05) is 12.8 Å². The summed E-state index contributed by atoms with van der Waals surface area (Å²) >= 11 is 0. The Bertz CT molecular complexity index is 1340. The van der Waals surface area contributed by atoms with Crippen LogP contribution in [0.15, 0.2) is 60.8 Å². The van der Waals surface area contributed by atoms with Crippen molar-refractivity contribution in [1.29, 1.82) is 0 Å². The average molecular weight is 1080 g/mol. The van der Waals surface area contributed by atoms with Gasteiger partial charge in [-0.05, 0) is 89.9 Å². The minimum atomic E-state index is -0.842. The van der Waals surface area contributed by atoms with Crippen molar-refractivity contribution in [2.75, 3.05) is 13.2 Å². The number of esters is 1. The van der Waals surface area contributed by atoms with Crippen molar-refractivity contribution < 1.29 is 24.5 Å². The second-order valence-electron chi connectivity index (χ2n) is 23.1. The molecule has 2 unspecified atom stereocenters. The van der Waals surface area contributed by atoms with Crippen molar-refractivity contribution in [3.8, 4) is 0 Å². The highest BCUT2D eigenvalue weighted by molar-refractivity contribution is 5.76. The summed E-state index contributed by atoms with van der Waals surface area (Å²) in [4.78, 5) is 24.5. The van der Waals surface area contributed by atoms with Gasteiger partial charge < -0.3 is 20.3 Å². The molecule has 0 fully saturated rings. The topological polar surface area (TPSA) is 95.9 Å². The van der Waals surface area contributed by atoms with E-state index in [9.17, 15) is 19.8 Å². The zero-order valence-electron chi connectivity index (χ0n) is 51.4. The van der Waals surface area contributed by atoms with Crippen LogP contribution in [0.1, 0.15) is 354 Å². The lowest BCUT2D eigenvalue weighted by molar-refractivity contribution is -0.143. The lowest BCUT2D eigenvalue weighted by Gasteiger charge is -2.20. The Balaban J connectivity index is 3.38. The van der Waals surface area contributed by atoms with E-state index in [4.69, 9.17) is 4.74 Å². The van der Waals surface area contributed by atoms with Crippen molar-refractivity contribution >= 4 is 11.9 Å². The Hall–Kier alpha value is -2.44. The first-order valence-electron chi connectivity index (χ1n) is 34.1. The minimum Gasteiger partial charge on any atom is -0.466 e. The number of carbonyl (C=O) groups excluding carboxylic acids is 2. The molecule has 6 heteroatoms. The first kappa shape index (κ1) is 74.6. The third kappa shape index (κ3) is 62.6. The number of aliphatic hydroxyl groups excluding tert-OH is 2. The molecule has 0 heterocycles. The summed E-state index contributed by atoms with van der Waals surface area (Å²) < 4.78 is 5.47. The zero-order chi connectivity index (χ0) is 55.7. The van der Waals surface area contributed by atoms with E-state index in [1.165, 1.54) is 270 Å². The molecule has 1 amide bonds. The van der Waals surface area contributed by atoms with Gasteiger partial charge in [0.1, 0.15) is 0 Å². The molecule has 6 nitrogen and oxygen atoms in total. The van der Waals surface area contributed by atoms with Crippen LogP contribution in [0.2, 0.25) is 0 Å². The molecule has 77 heavy (non-hydrogen) atoms. The molecule has 0 aliphatic heterocycles. The molecule has 450 valence electrons. The van der Waals surface area contributed by atoms with Crippen molar-refractivity contribution in [3.63, 3.8) is 0 Å². The Morgan fingerprint density at radius 3 is 1.04 bits per heavy atom. The van der Waals surface area contributed by atoms with E-state index in [1.54, 1.807) is 6.08 Å². The monoisotopic (exact) mass is 1080 g/mol. The molecule has 0 aliphatic rings. The minimum absolute atomic E-state index is 0.000707. The number of nitrogens with one attached hydrogen (secondary N) is 1. The predicted octanol–water partition coefficient (Wildman–Crippen LogP) is 21.9. The number of amides is 1. The Morgan fingerprint density at radius 2 is 0.675 bits per heavy atom. The molecule has 0 aromatic rings. The maximum atomic E-state index is 12.4. The lowest BCUT2D eigenvalue weighted by atomic mass is 10.0. The van der Waals surface area contributed by atoms with E-state index in [2.05, 4.69) is 67.8 Å². The molecule has 0 aliphatic carbocycles. The molecule has 3 N–H and O–H groups in total. The van der Waals surface area contributed by atoms with Crippen LogP contribution in [0, 0.1) is 0 Å². The SMILES string of the molecule is CCC/C=C\C/C=C\CCCCCCCC(=O)OCCCCCCCCCCCCC/C=C\C/C=C\CCCCCCCCCCCCCCCCCCCC(=O)NC(CO)C(O)/C=C/CCCCCCCCCCCC. The summed E-state index contributed by atoms with van der Waals surface area (Å²) in [5.74, 6) is -0.0651. The molecule has 0 saturated carbocycles. The van der Waals surface area contributed by atoms with E-state index in [1.807, 2.05) is 6.08 Å². The third-order valence-corrected chi connectivity index (χ3v) is 15.5. The smallest absolute Gasteiger partial charge is 0.305 e. The van der Waals surface area contributed by atoms with Gasteiger partial charge in [-0.25, -0.2) is 0 Å². The van der Waals surface area contributed by atoms with Crippen LogP contribution >= 0.6 is 0 Å². The summed E-state index contributed by atoms with van der Waals surface area (Å²) in [6.45, 7) is 4.84. The van der Waals surface area contributed by atoms with Crippen LogP contribution in [-0.4, -0.2) is 47.4 Å². The van der Waals surface area contributed by atoms with E-state index in [0.29, 0.717) is 19.4 Å². The fourth-order valence-corrected chi connectivity index (χ4v) is 10.3. The largest absolute Gasteiger partial charge is 0.466 e. The summed E-state index contributed by atoms with van der Waals surface area (Å²) in [5, 5.41) is 23.1. The first-order valence-corrected chi connectivity index (χ1v) is 34.1. The van der Waals surface area contributed by atoms with Crippen LogP contribution < -0.4 is 5.32 Å². The quantitative estimate of drug-likeness (QED) is 0.0320. The number of allylic oxidation sites excluding steroid dienone is 9. The molecular formula is C71H131NO5. The standard InChI is InChI=1S/C71H131NO5/c1-3-5-7-9-11-13-15-40-45-49-53-57-61-65-71(76)77-66-62-58-54-50-46-42-39-37-35-33-31-29-27-25-23-21-19-17-18-20-22-24-26-28-30-32-34-36-38-41-44-48-52-56-60-64-70(75)72-68(67-73)69(74)63-59-55-51-47-43-16-14-12-10-8-6-4-2/h7,9,13,15,19,21,25,27,59,63,68-69,73-74H,3-6,8,10-12,14,16-18,20,22-24,26,28-58,60-62,64-67H2,1-2H3,(H,72,75)/b9-7-,15-13-,21-19-,27-25-,63-59+. The van der Waals surface area contributed by atoms with E-state index in [-0.39, 0.29) is 18.5 Å². The van der Waals surface area contributed by atoms with Crippen LogP contribution in [0.5, 0.6) is 0 Å². The summed E-state index contributed by atoms with van der Waals surface area (Å²) in [7, 11) is 0. The van der Waals surface area contributed by atoms with E-state index >= 15 is 0 Å². The summed E-state index contributed by atoms with van der Waals surface area (Å²) in [6, 6.07) is -0.626. The number of carbonyl (C=O) groups is 2. The van der Waals surface area contributed by atoms with Crippen molar-refractivity contribution in [2.24, 2.45) is 0 Å². The Labute approximate surface area is 479 Å². The van der Waals surface area contributed by atoms with Gasteiger partial charge in [0.2, 0.25) is 5.91 Å². The van der Waals surface area contributed by atoms with Crippen LogP contribution in [0.4, 0.5) is 0 Å². The molecule has 0 spiro atoms. The van der Waals surface area contributed by atoms with Crippen molar-refractivity contribution in [2.45, 2.75) is 366 Å². The number of rotatable bonds is 63. The number of hydrogen-bond acceptors (Lipinski definition) is 5. The van der Waals surface area contributed by atoms with Gasteiger partial charge in [-0.1, -0.05) is 312 Å². The highest BCUT2D eigenvalue weighted by Crippen LogP contribution is 2.17. The molecule has 0 aromatic heterocycles. The first-order chi connectivity index (χ1) is 38.0. The molecule has 2 atom stereocenters. The van der Waals surface area contributed by atoms with Gasteiger partial charge in [-0.2, -0.15) is 0 Å². The van der Waals surface area contributed by atoms with Crippen molar-refractivity contribution in [3.05, 3.63) is 60.8 Å². The second-order valence-corrected chi connectivity index (χ2v) is 23.1. The van der Waals surface area contributed by atoms with Crippen LogP contribution in [0.25, 0.3) is 0 Å². The normalized spacial score (nSPS) is 12.9. The van der Waals surface area contributed by atoms with Gasteiger partial charge in [-0.3, -0.25) is 9.59 Å². The Kier molecular flexibility index (Phi) is 64.0. The summed E-state index contributed by atoms with van der Waals surface area (Å²) in [5.41, 5.74) is 0. The van der Waals surface area contributed by atoms with Crippen LogP contribution in [-0.2, 0) is 14.3 Å². The molecule has 0 rings (SSSR count). The van der Waals surface area contributed by atoms with Crippen LogP contribution in [0.3, 0.4) is 0 Å². The molecular weight excluding hydrogens is 947 g/mol.